The van der Waals surface area contributed by atoms with Gasteiger partial charge in [-0.15, -0.1) is 10.2 Å². The van der Waals surface area contributed by atoms with Gasteiger partial charge >= 0.3 is 0 Å². The normalized spacial score (nSPS) is 20.3. The summed E-state index contributed by atoms with van der Waals surface area (Å²) >= 11 is 1.28. The Morgan fingerprint density at radius 1 is 1.11 bits per heavy atom. The number of nitrogens with zero attached hydrogens (tertiary/aromatic N) is 2. The van der Waals surface area contributed by atoms with Gasteiger partial charge in [0.05, 0.1) is 12.0 Å². The van der Waals surface area contributed by atoms with Crippen LogP contribution in [0.3, 0.4) is 0 Å². The van der Waals surface area contributed by atoms with Crippen molar-refractivity contribution in [3.8, 4) is 0 Å². The van der Waals surface area contributed by atoms with Crippen molar-refractivity contribution >= 4 is 22.4 Å². The molecule has 1 aromatic heterocycles. The van der Waals surface area contributed by atoms with Crippen LogP contribution >= 0.6 is 11.3 Å². The molecule has 1 saturated heterocycles. The monoisotopic (exact) mass is 380 g/mol. The standard InChI is InChI=1S/C19H20N6OS/c20-19-25-24-18(27-19)16(13-9-5-2-6-10-13)22-17(26)14-11-21-23-15(14)12-7-3-1-4-8-12/h1-10,14-16,21,23H,11H2,(H2,20,25)(H,22,26). The van der Waals surface area contributed by atoms with Crippen molar-refractivity contribution in [2.24, 2.45) is 5.92 Å². The first-order chi connectivity index (χ1) is 13.2. The molecule has 3 unspecified atom stereocenters. The average molecular weight is 380 g/mol. The van der Waals surface area contributed by atoms with Crippen LogP contribution in [-0.2, 0) is 4.79 Å². The van der Waals surface area contributed by atoms with Gasteiger partial charge in [-0.05, 0) is 11.1 Å². The van der Waals surface area contributed by atoms with E-state index in [0.29, 0.717) is 16.7 Å². The number of nitrogen functional groups attached to an aromatic ring is 1. The van der Waals surface area contributed by atoms with Gasteiger partial charge in [0.15, 0.2) is 0 Å². The fourth-order valence-corrected chi connectivity index (χ4v) is 3.95. The van der Waals surface area contributed by atoms with E-state index in [1.54, 1.807) is 0 Å². The zero-order valence-corrected chi connectivity index (χ0v) is 15.3. The first kappa shape index (κ1) is 17.6. The van der Waals surface area contributed by atoms with E-state index in [9.17, 15) is 4.79 Å². The number of nitrogens with two attached hydrogens (primary N) is 1. The summed E-state index contributed by atoms with van der Waals surface area (Å²) in [4.78, 5) is 13.1. The first-order valence-corrected chi connectivity index (χ1v) is 9.51. The first-order valence-electron chi connectivity index (χ1n) is 8.70. The Hall–Kier alpha value is -2.81. The Morgan fingerprint density at radius 2 is 1.81 bits per heavy atom. The second kappa shape index (κ2) is 7.83. The highest BCUT2D eigenvalue weighted by atomic mass is 32.1. The maximum absolute atomic E-state index is 13.1. The predicted octanol–water partition coefficient (Wildman–Crippen LogP) is 1.79. The summed E-state index contributed by atoms with van der Waals surface area (Å²) in [6.45, 7) is 0.547. The molecular formula is C19H20N6OS. The highest BCUT2D eigenvalue weighted by Gasteiger charge is 2.35. The van der Waals surface area contributed by atoms with E-state index in [1.807, 2.05) is 60.7 Å². The van der Waals surface area contributed by atoms with Gasteiger partial charge in [0, 0.05) is 6.54 Å². The molecule has 1 aliphatic rings. The van der Waals surface area contributed by atoms with Gasteiger partial charge in [0.1, 0.15) is 11.0 Å². The van der Waals surface area contributed by atoms with E-state index in [-0.39, 0.29) is 23.9 Å². The van der Waals surface area contributed by atoms with Crippen LogP contribution in [0.2, 0.25) is 0 Å². The van der Waals surface area contributed by atoms with Gasteiger partial charge in [-0.25, -0.2) is 5.43 Å². The van der Waals surface area contributed by atoms with Crippen molar-refractivity contribution in [3.63, 3.8) is 0 Å². The molecule has 0 saturated carbocycles. The SMILES string of the molecule is Nc1nnc(C(NC(=O)C2CNNC2c2ccccc2)c2ccccc2)s1. The molecule has 1 fully saturated rings. The minimum absolute atomic E-state index is 0.0519. The maximum Gasteiger partial charge on any atom is 0.227 e. The summed E-state index contributed by atoms with van der Waals surface area (Å²) in [5.74, 6) is -0.298. The van der Waals surface area contributed by atoms with Crippen LogP contribution in [0.25, 0.3) is 0 Å². The molecule has 8 heteroatoms. The lowest BCUT2D eigenvalue weighted by Crippen LogP contribution is -2.37. The van der Waals surface area contributed by atoms with Crippen molar-refractivity contribution in [1.82, 2.24) is 26.4 Å². The van der Waals surface area contributed by atoms with Crippen LogP contribution in [-0.4, -0.2) is 22.6 Å². The number of rotatable bonds is 5. The molecule has 138 valence electrons. The molecule has 3 atom stereocenters. The molecule has 7 nitrogen and oxygen atoms in total. The Bertz CT molecular complexity index is 901. The van der Waals surface area contributed by atoms with Crippen molar-refractivity contribution < 1.29 is 4.79 Å². The van der Waals surface area contributed by atoms with Gasteiger partial charge < -0.3 is 11.1 Å². The molecule has 2 aromatic carbocycles. The second-order valence-electron chi connectivity index (χ2n) is 6.35. The summed E-state index contributed by atoms with van der Waals surface area (Å²) in [5, 5.41) is 12.2. The Balaban J connectivity index is 1.58. The zero-order chi connectivity index (χ0) is 18.6. The molecule has 27 heavy (non-hydrogen) atoms. The fraction of sp³-hybridized carbons (Fsp3) is 0.211. The van der Waals surface area contributed by atoms with Crippen LogP contribution in [0.5, 0.6) is 0 Å². The number of aromatic nitrogens is 2. The molecule has 2 heterocycles. The lowest BCUT2D eigenvalue weighted by atomic mass is 9.93. The van der Waals surface area contributed by atoms with E-state index in [4.69, 9.17) is 5.73 Å². The number of nitrogens with one attached hydrogen (secondary N) is 3. The molecule has 0 spiro atoms. The van der Waals surface area contributed by atoms with Crippen molar-refractivity contribution in [2.45, 2.75) is 12.1 Å². The highest BCUT2D eigenvalue weighted by Crippen LogP contribution is 2.29. The van der Waals surface area contributed by atoms with E-state index >= 15 is 0 Å². The second-order valence-corrected chi connectivity index (χ2v) is 7.39. The van der Waals surface area contributed by atoms with Gasteiger partial charge in [0.25, 0.3) is 0 Å². The smallest absolute Gasteiger partial charge is 0.227 e. The Morgan fingerprint density at radius 3 is 2.48 bits per heavy atom. The molecule has 5 N–H and O–H groups in total. The van der Waals surface area contributed by atoms with Gasteiger partial charge in [-0.2, -0.15) is 0 Å². The summed E-state index contributed by atoms with van der Waals surface area (Å²) in [6.07, 6.45) is 0. The molecule has 0 bridgehead atoms. The quantitative estimate of drug-likeness (QED) is 0.538. The number of carbonyl (C=O) groups is 1. The van der Waals surface area contributed by atoms with Gasteiger partial charge in [-0.3, -0.25) is 10.2 Å². The molecule has 0 radical (unpaired) electrons. The van der Waals surface area contributed by atoms with Gasteiger partial charge in [-0.1, -0.05) is 72.0 Å². The van der Waals surface area contributed by atoms with Crippen molar-refractivity contribution in [3.05, 3.63) is 76.8 Å². The lowest BCUT2D eigenvalue weighted by Gasteiger charge is -2.22. The van der Waals surface area contributed by atoms with Crippen molar-refractivity contribution in [1.29, 1.82) is 0 Å². The Labute approximate surface area is 161 Å². The van der Waals surface area contributed by atoms with Crippen LogP contribution in [0, 0.1) is 5.92 Å². The number of benzene rings is 2. The summed E-state index contributed by atoms with van der Waals surface area (Å²) in [7, 11) is 0. The number of carbonyl (C=O) groups excluding carboxylic acids is 1. The predicted molar refractivity (Wildman–Crippen MR) is 105 cm³/mol. The third-order valence-electron chi connectivity index (χ3n) is 4.60. The minimum Gasteiger partial charge on any atom is -0.374 e. The lowest BCUT2D eigenvalue weighted by molar-refractivity contribution is -0.125. The summed E-state index contributed by atoms with van der Waals surface area (Å²) in [6, 6.07) is 19.2. The third-order valence-corrected chi connectivity index (χ3v) is 5.42. The maximum atomic E-state index is 13.1. The Kier molecular flexibility index (Phi) is 5.10. The van der Waals surface area contributed by atoms with E-state index in [2.05, 4.69) is 26.4 Å². The number of anilines is 1. The van der Waals surface area contributed by atoms with Gasteiger partial charge in [0.2, 0.25) is 11.0 Å². The van der Waals surface area contributed by atoms with Crippen LogP contribution in [0.15, 0.2) is 60.7 Å². The topological polar surface area (TPSA) is 105 Å². The van der Waals surface area contributed by atoms with Crippen molar-refractivity contribution in [2.75, 3.05) is 12.3 Å². The number of hydrogen-bond acceptors (Lipinski definition) is 7. The third kappa shape index (κ3) is 3.82. The molecule has 3 aromatic rings. The summed E-state index contributed by atoms with van der Waals surface area (Å²) < 4.78 is 0. The molecule has 1 aliphatic heterocycles. The van der Waals surface area contributed by atoms with E-state index in [1.165, 1.54) is 11.3 Å². The summed E-state index contributed by atoms with van der Waals surface area (Å²) in [5.41, 5.74) is 14.1. The molecular weight excluding hydrogens is 360 g/mol. The zero-order valence-electron chi connectivity index (χ0n) is 14.5. The van der Waals surface area contributed by atoms with Crippen LogP contribution < -0.4 is 21.9 Å². The molecule has 4 rings (SSSR count). The van der Waals surface area contributed by atoms with Crippen LogP contribution in [0.4, 0.5) is 5.13 Å². The highest BCUT2D eigenvalue weighted by molar-refractivity contribution is 7.15. The number of amides is 1. The number of hydrogen-bond donors (Lipinski definition) is 4. The van der Waals surface area contributed by atoms with Crippen LogP contribution in [0.1, 0.15) is 28.2 Å². The molecule has 1 amide bonds. The molecule has 0 aliphatic carbocycles. The number of hydrazine groups is 1. The van der Waals surface area contributed by atoms with E-state index in [0.717, 1.165) is 11.1 Å². The largest absolute Gasteiger partial charge is 0.374 e. The fourth-order valence-electron chi connectivity index (χ4n) is 3.26. The minimum atomic E-state index is -0.384. The average Bonchev–Trinajstić information content (AvgIpc) is 3.36. The van der Waals surface area contributed by atoms with E-state index < -0.39 is 0 Å².